The van der Waals surface area contributed by atoms with Gasteiger partial charge in [-0.1, -0.05) is 120 Å². The quantitative estimate of drug-likeness (QED) is 0.184. The molecule has 262 valence electrons. The van der Waals surface area contributed by atoms with E-state index in [0.29, 0.717) is 5.76 Å². The van der Waals surface area contributed by atoms with Crippen molar-refractivity contribution in [2.45, 2.75) is 13.8 Å². The predicted octanol–water partition coefficient (Wildman–Crippen LogP) is 9.87. The number of benzene rings is 4. The van der Waals surface area contributed by atoms with Crippen LogP contribution < -0.4 is 10.7 Å². The van der Waals surface area contributed by atoms with Crippen LogP contribution in [0.4, 0.5) is 0 Å². The molecular weight excluding hydrogens is 673 g/mol. The summed E-state index contributed by atoms with van der Waals surface area (Å²) in [5, 5.41) is 1.95. The van der Waals surface area contributed by atoms with E-state index in [1.807, 2.05) is 24.4 Å². The van der Waals surface area contributed by atoms with Gasteiger partial charge in [0.1, 0.15) is 5.76 Å². The standard InChI is InChI=1S/C50H36N4O/c1-31-15-19-35(20-16-31)47-39-24-23-38(52-39)46(33-10-5-3-6-11-33)37-30-45(55-50(37)44-14-9-29-51-44)49(34-12-7-4-8-13-34)43-28-27-42(54-43)48(41-26-25-40(47)53-41)36-21-17-32(2)18-22-36/h3-30,51,53H,1-2H3. The summed E-state index contributed by atoms with van der Waals surface area (Å²) in [5.41, 5.74) is 15.8. The Labute approximate surface area is 319 Å². The second-order valence-electron chi connectivity index (χ2n) is 14.1. The zero-order valence-electron chi connectivity index (χ0n) is 30.5. The monoisotopic (exact) mass is 708 g/mol. The van der Waals surface area contributed by atoms with Crippen LogP contribution in [0.5, 0.6) is 0 Å². The SMILES string of the molecule is Cc1ccc(C2=c3ccc([nH]3)=C(c3ccc(C)cc3)C3=NC(=C(c4ccccc4)c4cc(oc4-c4ccc[nH]4)C(c4ccccc4)=C4C=CC2=N4)C=C3)cc1. The molecule has 0 radical (unpaired) electrons. The van der Waals surface area contributed by atoms with Crippen LogP contribution in [0.3, 0.4) is 0 Å². The number of fused-ring (bicyclic) bond motifs is 6. The van der Waals surface area contributed by atoms with Crippen LogP contribution in [0.2, 0.25) is 0 Å². The molecule has 0 unspecified atom stereocenters. The first-order valence-electron chi connectivity index (χ1n) is 18.6. The van der Waals surface area contributed by atoms with Gasteiger partial charge in [-0.05, 0) is 90.7 Å². The average molecular weight is 709 g/mol. The fourth-order valence-electron chi connectivity index (χ4n) is 7.73. The molecule has 0 atom stereocenters. The predicted molar refractivity (Wildman–Crippen MR) is 224 cm³/mol. The first-order chi connectivity index (χ1) is 27.1. The summed E-state index contributed by atoms with van der Waals surface area (Å²) >= 11 is 0. The van der Waals surface area contributed by atoms with E-state index in [2.05, 4.69) is 169 Å². The normalized spacial score (nSPS) is 14.9. The maximum absolute atomic E-state index is 7.04. The van der Waals surface area contributed by atoms with Gasteiger partial charge < -0.3 is 14.4 Å². The summed E-state index contributed by atoms with van der Waals surface area (Å²) in [6.45, 7) is 4.23. The third-order valence-electron chi connectivity index (χ3n) is 10.4. The summed E-state index contributed by atoms with van der Waals surface area (Å²) < 4.78 is 7.04. The Balaban J connectivity index is 1.37. The Morgan fingerprint density at radius 2 is 0.982 bits per heavy atom. The van der Waals surface area contributed by atoms with E-state index in [9.17, 15) is 0 Å². The Morgan fingerprint density at radius 1 is 0.473 bits per heavy atom. The molecule has 0 saturated heterocycles. The average Bonchev–Trinajstić information content (AvgIpc) is 4.07. The zero-order chi connectivity index (χ0) is 36.9. The molecule has 6 heterocycles. The van der Waals surface area contributed by atoms with Crippen LogP contribution in [-0.2, 0) is 0 Å². The lowest BCUT2D eigenvalue weighted by molar-refractivity contribution is 0.565. The van der Waals surface area contributed by atoms with Crippen LogP contribution in [0, 0.1) is 13.8 Å². The first kappa shape index (κ1) is 32.4. The highest BCUT2D eigenvalue weighted by atomic mass is 16.3. The van der Waals surface area contributed by atoms with Crippen molar-refractivity contribution in [3.63, 3.8) is 0 Å². The van der Waals surface area contributed by atoms with Crippen molar-refractivity contribution in [1.29, 1.82) is 0 Å². The van der Waals surface area contributed by atoms with Gasteiger partial charge in [-0.2, -0.15) is 0 Å². The molecule has 5 nitrogen and oxygen atoms in total. The van der Waals surface area contributed by atoms with Crippen molar-refractivity contribution in [3.05, 3.63) is 237 Å². The maximum atomic E-state index is 7.04. The molecule has 3 aliphatic heterocycles. The molecule has 0 fully saturated rings. The number of rotatable bonds is 5. The van der Waals surface area contributed by atoms with Crippen molar-refractivity contribution in [2.75, 3.05) is 0 Å². The third-order valence-corrected chi connectivity index (χ3v) is 10.4. The van der Waals surface area contributed by atoms with Crippen molar-refractivity contribution in [1.82, 2.24) is 9.97 Å². The number of aryl methyl sites for hydroxylation is 2. The van der Waals surface area contributed by atoms with E-state index >= 15 is 0 Å². The summed E-state index contributed by atoms with van der Waals surface area (Å²) in [4.78, 5) is 18.2. The molecule has 0 spiro atoms. The molecule has 4 aromatic carbocycles. The minimum atomic E-state index is 0.716. The number of furan rings is 1. The number of hydrogen-bond donors (Lipinski definition) is 2. The third kappa shape index (κ3) is 5.83. The van der Waals surface area contributed by atoms with E-state index in [0.717, 1.165) is 95.1 Å². The van der Waals surface area contributed by atoms with Crippen LogP contribution in [0.25, 0.3) is 33.7 Å². The van der Waals surface area contributed by atoms with Crippen molar-refractivity contribution in [2.24, 2.45) is 9.98 Å². The summed E-state index contributed by atoms with van der Waals surface area (Å²) in [6, 6.07) is 48.8. The number of aromatic nitrogens is 2. The van der Waals surface area contributed by atoms with Crippen LogP contribution in [0.1, 0.15) is 44.7 Å². The molecule has 2 N–H and O–H groups in total. The van der Waals surface area contributed by atoms with Crippen molar-refractivity contribution < 1.29 is 4.42 Å². The highest BCUT2D eigenvalue weighted by molar-refractivity contribution is 6.31. The fraction of sp³-hybridized carbons (Fsp3) is 0.0400. The summed E-state index contributed by atoms with van der Waals surface area (Å²) in [6.07, 6.45) is 10.4. The van der Waals surface area contributed by atoms with Crippen LogP contribution >= 0.6 is 0 Å². The van der Waals surface area contributed by atoms with Gasteiger partial charge in [0.15, 0.2) is 5.76 Å². The Morgan fingerprint density at radius 3 is 1.51 bits per heavy atom. The van der Waals surface area contributed by atoms with Gasteiger partial charge in [0.2, 0.25) is 0 Å². The van der Waals surface area contributed by atoms with Crippen molar-refractivity contribution in [3.8, 4) is 11.5 Å². The Kier molecular flexibility index (Phi) is 7.85. The number of nitrogens with one attached hydrogen (secondary N) is 2. The second kappa shape index (κ2) is 13.3. The molecule has 8 bridgehead atoms. The van der Waals surface area contributed by atoms with Crippen LogP contribution in [-0.4, -0.2) is 21.4 Å². The molecule has 7 aromatic rings. The maximum Gasteiger partial charge on any atom is 0.158 e. The van der Waals surface area contributed by atoms with E-state index < -0.39 is 0 Å². The molecular formula is C50H36N4O. The van der Waals surface area contributed by atoms with Gasteiger partial charge in [0.25, 0.3) is 0 Å². The van der Waals surface area contributed by atoms with Gasteiger partial charge in [0, 0.05) is 39.2 Å². The molecule has 0 aliphatic carbocycles. The minimum Gasteiger partial charge on any atom is -0.454 e. The lowest BCUT2D eigenvalue weighted by Gasteiger charge is -2.11. The van der Waals surface area contributed by atoms with Crippen molar-refractivity contribution >= 4 is 33.7 Å². The number of H-pyrrole nitrogens is 2. The van der Waals surface area contributed by atoms with E-state index in [1.54, 1.807) is 0 Å². The number of aliphatic imine (C=N–C) groups is 2. The second-order valence-corrected chi connectivity index (χ2v) is 14.1. The smallest absolute Gasteiger partial charge is 0.158 e. The molecule has 0 saturated carbocycles. The van der Waals surface area contributed by atoms with Gasteiger partial charge in [-0.25, -0.2) is 9.98 Å². The van der Waals surface area contributed by atoms with Gasteiger partial charge in [0.05, 0.1) is 34.1 Å². The highest BCUT2D eigenvalue weighted by Crippen LogP contribution is 2.43. The molecule has 55 heavy (non-hydrogen) atoms. The molecule has 3 aliphatic rings. The van der Waals surface area contributed by atoms with E-state index in [1.165, 1.54) is 11.1 Å². The van der Waals surface area contributed by atoms with E-state index in [-0.39, 0.29) is 0 Å². The van der Waals surface area contributed by atoms with Gasteiger partial charge >= 0.3 is 0 Å². The summed E-state index contributed by atoms with van der Waals surface area (Å²) in [5.74, 6) is 1.45. The highest BCUT2D eigenvalue weighted by Gasteiger charge is 2.27. The largest absolute Gasteiger partial charge is 0.454 e. The fourth-order valence-corrected chi connectivity index (χ4v) is 7.73. The van der Waals surface area contributed by atoms with Gasteiger partial charge in [-0.3, -0.25) is 0 Å². The Bertz CT molecular complexity index is 2930. The molecule has 5 heteroatoms. The zero-order valence-corrected chi connectivity index (χ0v) is 30.5. The molecule has 3 aromatic heterocycles. The molecule has 0 amide bonds. The first-order valence-corrected chi connectivity index (χ1v) is 18.6. The molecule has 10 rings (SSSR count). The number of hydrogen-bond acceptors (Lipinski definition) is 3. The summed E-state index contributed by atoms with van der Waals surface area (Å²) in [7, 11) is 0. The topological polar surface area (TPSA) is 69.4 Å². The van der Waals surface area contributed by atoms with Gasteiger partial charge in [-0.15, -0.1) is 0 Å². The van der Waals surface area contributed by atoms with Crippen LogP contribution in [0.15, 0.2) is 196 Å². The number of nitrogens with zero attached hydrogens (tertiary/aromatic N) is 2. The number of aromatic amines is 2. The van der Waals surface area contributed by atoms with E-state index in [4.69, 9.17) is 14.4 Å². The lowest BCUT2D eigenvalue weighted by atomic mass is 9.94. The Hall–Kier alpha value is -7.24. The minimum absolute atomic E-state index is 0.716. The number of allylic oxidation sites excluding steroid dienone is 4. The lowest BCUT2D eigenvalue weighted by Crippen LogP contribution is -2.21.